The van der Waals surface area contributed by atoms with E-state index in [4.69, 9.17) is 4.42 Å². The first-order valence-electron chi connectivity index (χ1n) is 10.5. The quantitative estimate of drug-likeness (QED) is 0.186. The van der Waals surface area contributed by atoms with E-state index in [1.807, 2.05) is 42.5 Å². The standard InChI is InChI=1S/C26H18N2O5S/c1-16-6-10-21(22(12-16)28(31)32)23-11-9-20(33-23)14-24-25(29)27(26(30)34-24)15-17-7-8-18-4-2-3-5-19(18)13-17/h2-14H,15H2,1H3/b24-14-. The third kappa shape index (κ3) is 4.11. The fraction of sp³-hybridized carbons (Fsp3) is 0.0769. The van der Waals surface area contributed by atoms with Crippen LogP contribution in [0.25, 0.3) is 28.2 Å². The lowest BCUT2D eigenvalue weighted by Crippen LogP contribution is -2.27. The van der Waals surface area contributed by atoms with Gasteiger partial charge in [0.25, 0.3) is 16.8 Å². The molecule has 0 aliphatic carbocycles. The summed E-state index contributed by atoms with van der Waals surface area (Å²) in [5, 5.41) is 13.2. The zero-order valence-electron chi connectivity index (χ0n) is 18.1. The summed E-state index contributed by atoms with van der Waals surface area (Å²) in [6, 6.07) is 21.8. The van der Waals surface area contributed by atoms with Crippen LogP contribution in [0.1, 0.15) is 16.9 Å². The molecule has 3 aromatic carbocycles. The number of carbonyl (C=O) groups is 2. The maximum Gasteiger partial charge on any atom is 0.293 e. The number of nitrogens with zero attached hydrogens (tertiary/aromatic N) is 2. The summed E-state index contributed by atoms with van der Waals surface area (Å²) in [6.07, 6.45) is 1.49. The van der Waals surface area contributed by atoms with Crippen LogP contribution in [0.4, 0.5) is 10.5 Å². The number of imide groups is 1. The topological polar surface area (TPSA) is 93.7 Å². The van der Waals surface area contributed by atoms with Gasteiger partial charge in [0.2, 0.25) is 0 Å². The first kappa shape index (κ1) is 21.7. The molecule has 0 N–H and O–H groups in total. The Balaban J connectivity index is 1.38. The van der Waals surface area contributed by atoms with Crippen LogP contribution < -0.4 is 0 Å². The van der Waals surface area contributed by atoms with E-state index in [9.17, 15) is 19.7 Å². The molecule has 0 unspecified atom stereocenters. The molecular formula is C26H18N2O5S. The maximum atomic E-state index is 12.9. The van der Waals surface area contributed by atoms with Crippen LogP contribution in [0.15, 0.2) is 82.1 Å². The zero-order valence-corrected chi connectivity index (χ0v) is 18.9. The molecule has 1 aliphatic heterocycles. The van der Waals surface area contributed by atoms with E-state index in [1.165, 1.54) is 17.0 Å². The number of rotatable bonds is 5. The van der Waals surface area contributed by atoms with Gasteiger partial charge in [0, 0.05) is 12.1 Å². The number of benzene rings is 3. The van der Waals surface area contributed by atoms with Crippen LogP contribution in [0.3, 0.4) is 0 Å². The minimum Gasteiger partial charge on any atom is -0.456 e. The molecule has 1 fully saturated rings. The molecule has 0 bridgehead atoms. The van der Waals surface area contributed by atoms with Gasteiger partial charge in [0.15, 0.2) is 0 Å². The van der Waals surface area contributed by atoms with Crippen molar-refractivity contribution >= 4 is 45.4 Å². The van der Waals surface area contributed by atoms with Crippen molar-refractivity contribution in [2.45, 2.75) is 13.5 Å². The van der Waals surface area contributed by atoms with E-state index in [2.05, 4.69) is 0 Å². The van der Waals surface area contributed by atoms with Crippen LogP contribution in [0, 0.1) is 17.0 Å². The van der Waals surface area contributed by atoms with Crippen molar-refractivity contribution in [3.8, 4) is 11.3 Å². The van der Waals surface area contributed by atoms with Gasteiger partial charge in [-0.05, 0) is 64.9 Å². The number of thioether (sulfide) groups is 1. The van der Waals surface area contributed by atoms with Gasteiger partial charge in [-0.2, -0.15) is 0 Å². The van der Waals surface area contributed by atoms with Crippen molar-refractivity contribution in [3.63, 3.8) is 0 Å². The summed E-state index contributed by atoms with van der Waals surface area (Å²) < 4.78 is 5.77. The lowest BCUT2D eigenvalue weighted by atomic mass is 10.1. The summed E-state index contributed by atoms with van der Waals surface area (Å²) in [7, 11) is 0. The molecule has 2 amide bonds. The van der Waals surface area contributed by atoms with E-state index in [1.54, 1.807) is 31.2 Å². The number of aryl methyl sites for hydroxylation is 1. The second-order valence-corrected chi connectivity index (χ2v) is 8.92. The normalized spacial score (nSPS) is 15.0. The molecule has 2 heterocycles. The number of carbonyl (C=O) groups excluding carboxylic acids is 2. The predicted octanol–water partition coefficient (Wildman–Crippen LogP) is 6.55. The van der Waals surface area contributed by atoms with Gasteiger partial charge >= 0.3 is 0 Å². The summed E-state index contributed by atoms with van der Waals surface area (Å²) >= 11 is 0.845. The predicted molar refractivity (Wildman–Crippen MR) is 131 cm³/mol. The minimum atomic E-state index is -0.456. The lowest BCUT2D eigenvalue weighted by Gasteiger charge is -2.13. The molecule has 0 saturated carbocycles. The first-order valence-corrected chi connectivity index (χ1v) is 11.3. The number of fused-ring (bicyclic) bond motifs is 1. The van der Waals surface area contributed by atoms with Gasteiger partial charge in [0.1, 0.15) is 11.5 Å². The Hall–Kier alpha value is -4.17. The zero-order chi connectivity index (χ0) is 23.8. The van der Waals surface area contributed by atoms with Crippen molar-refractivity contribution in [2.24, 2.45) is 0 Å². The van der Waals surface area contributed by atoms with Crippen molar-refractivity contribution in [1.82, 2.24) is 4.90 Å². The SMILES string of the molecule is Cc1ccc(-c2ccc(/C=C3\SC(=O)N(Cc4ccc5ccccc5c4)C3=O)o2)c([N+](=O)[O-])c1. The highest BCUT2D eigenvalue weighted by Gasteiger charge is 2.35. The van der Waals surface area contributed by atoms with E-state index in [0.717, 1.165) is 33.7 Å². The minimum absolute atomic E-state index is 0.0587. The second kappa shape index (κ2) is 8.64. The Labute approximate surface area is 198 Å². The van der Waals surface area contributed by atoms with Crippen LogP contribution in [0.2, 0.25) is 0 Å². The molecule has 4 aromatic rings. The van der Waals surface area contributed by atoms with Crippen LogP contribution in [-0.2, 0) is 11.3 Å². The number of hydrogen-bond acceptors (Lipinski definition) is 6. The molecule has 5 rings (SSSR count). The highest BCUT2D eigenvalue weighted by molar-refractivity contribution is 8.18. The molecule has 7 nitrogen and oxygen atoms in total. The number of furan rings is 1. The molecule has 34 heavy (non-hydrogen) atoms. The van der Waals surface area contributed by atoms with Crippen LogP contribution in [-0.4, -0.2) is 21.0 Å². The van der Waals surface area contributed by atoms with Crippen molar-refractivity contribution in [2.75, 3.05) is 0 Å². The van der Waals surface area contributed by atoms with Crippen molar-refractivity contribution in [1.29, 1.82) is 0 Å². The summed E-state index contributed by atoms with van der Waals surface area (Å²) in [5.41, 5.74) is 1.91. The number of nitro groups is 1. The number of nitro benzene ring substituents is 1. The van der Waals surface area contributed by atoms with Gasteiger partial charge in [-0.15, -0.1) is 0 Å². The fourth-order valence-electron chi connectivity index (χ4n) is 3.86. The first-order chi connectivity index (χ1) is 16.4. The molecule has 8 heteroatoms. The van der Waals surface area contributed by atoms with E-state index < -0.39 is 10.8 Å². The van der Waals surface area contributed by atoms with Gasteiger partial charge in [-0.1, -0.05) is 42.5 Å². The van der Waals surface area contributed by atoms with Gasteiger partial charge in [-0.25, -0.2) is 0 Å². The summed E-state index contributed by atoms with van der Waals surface area (Å²) in [5.74, 6) is 0.247. The fourth-order valence-corrected chi connectivity index (χ4v) is 4.68. The Morgan fingerprint density at radius 3 is 2.59 bits per heavy atom. The molecule has 1 saturated heterocycles. The molecule has 168 valence electrons. The van der Waals surface area contributed by atoms with Gasteiger partial charge < -0.3 is 4.42 Å². The number of amides is 2. The summed E-state index contributed by atoms with van der Waals surface area (Å²) in [6.45, 7) is 1.95. The Morgan fingerprint density at radius 2 is 1.79 bits per heavy atom. The smallest absolute Gasteiger partial charge is 0.293 e. The van der Waals surface area contributed by atoms with E-state index >= 15 is 0 Å². The second-order valence-electron chi connectivity index (χ2n) is 7.93. The highest BCUT2D eigenvalue weighted by atomic mass is 32.2. The molecule has 0 radical (unpaired) electrons. The summed E-state index contributed by atoms with van der Waals surface area (Å²) in [4.78, 5) is 37.9. The van der Waals surface area contributed by atoms with Gasteiger partial charge in [-0.3, -0.25) is 24.6 Å². The molecule has 1 aliphatic rings. The molecule has 1 aromatic heterocycles. The monoisotopic (exact) mass is 470 g/mol. The molecule has 0 spiro atoms. The Bertz CT molecular complexity index is 1500. The van der Waals surface area contributed by atoms with E-state index in [-0.39, 0.29) is 22.4 Å². The Kier molecular flexibility index (Phi) is 5.51. The third-order valence-corrected chi connectivity index (χ3v) is 6.45. The third-order valence-electron chi connectivity index (χ3n) is 5.54. The van der Waals surface area contributed by atoms with E-state index in [0.29, 0.717) is 17.1 Å². The van der Waals surface area contributed by atoms with Crippen molar-refractivity contribution < 1.29 is 18.9 Å². The van der Waals surface area contributed by atoms with Crippen LogP contribution in [0.5, 0.6) is 0 Å². The average molecular weight is 471 g/mol. The average Bonchev–Trinajstić information content (AvgIpc) is 3.39. The maximum absolute atomic E-state index is 12.9. The Morgan fingerprint density at radius 1 is 1.00 bits per heavy atom. The van der Waals surface area contributed by atoms with Gasteiger partial charge in [0.05, 0.1) is 21.9 Å². The number of hydrogen-bond donors (Lipinski definition) is 0. The lowest BCUT2D eigenvalue weighted by molar-refractivity contribution is -0.384. The van der Waals surface area contributed by atoms with Crippen LogP contribution >= 0.6 is 11.8 Å². The molecule has 0 atom stereocenters. The highest BCUT2D eigenvalue weighted by Crippen LogP contribution is 2.36. The van der Waals surface area contributed by atoms with Crippen molar-refractivity contribution in [3.05, 3.63) is 105 Å². The molecular weight excluding hydrogens is 452 g/mol. The largest absolute Gasteiger partial charge is 0.456 e.